The Kier molecular flexibility index (Phi) is 5.59. The van der Waals surface area contributed by atoms with E-state index in [9.17, 15) is 14.7 Å². The van der Waals surface area contributed by atoms with Gasteiger partial charge < -0.3 is 10.4 Å². The van der Waals surface area contributed by atoms with Crippen LogP contribution in [0.5, 0.6) is 0 Å². The highest BCUT2D eigenvalue weighted by Gasteiger charge is 2.29. The molecule has 0 spiro atoms. The maximum absolute atomic E-state index is 12.0. The van der Waals surface area contributed by atoms with Crippen LogP contribution in [0.25, 0.3) is 0 Å². The lowest BCUT2D eigenvalue weighted by molar-refractivity contribution is -0.143. The Morgan fingerprint density at radius 3 is 2.65 bits per heavy atom. The molecule has 2 N–H and O–H groups in total. The molecule has 1 amide bonds. The third-order valence-corrected chi connectivity index (χ3v) is 4.61. The third kappa shape index (κ3) is 4.34. The molecule has 0 saturated heterocycles. The van der Waals surface area contributed by atoms with E-state index in [1.165, 1.54) is 0 Å². The summed E-state index contributed by atoms with van der Waals surface area (Å²) in [6.07, 6.45) is 5.93. The fourth-order valence-electron chi connectivity index (χ4n) is 2.79. The molecule has 1 aromatic heterocycles. The van der Waals surface area contributed by atoms with Crippen LogP contribution in [0.15, 0.2) is 16.8 Å². The zero-order valence-electron chi connectivity index (χ0n) is 11.5. The summed E-state index contributed by atoms with van der Waals surface area (Å²) in [7, 11) is 0. The Morgan fingerprint density at radius 1 is 1.25 bits per heavy atom. The highest BCUT2D eigenvalue weighted by molar-refractivity contribution is 7.07. The molecule has 1 saturated carbocycles. The second-order valence-corrected chi connectivity index (χ2v) is 6.20. The summed E-state index contributed by atoms with van der Waals surface area (Å²) in [6, 6.07) is 1.70. The lowest BCUT2D eigenvalue weighted by Crippen LogP contribution is -2.44. The van der Waals surface area contributed by atoms with Crippen LogP contribution in [-0.2, 0) is 16.0 Å². The molecule has 2 unspecified atom stereocenters. The molecule has 0 radical (unpaired) electrons. The minimum absolute atomic E-state index is 0.0692. The molecule has 110 valence electrons. The van der Waals surface area contributed by atoms with Gasteiger partial charge in [-0.05, 0) is 35.2 Å². The minimum atomic E-state index is -0.785. The van der Waals surface area contributed by atoms with E-state index in [1.54, 1.807) is 11.3 Å². The zero-order valence-corrected chi connectivity index (χ0v) is 12.3. The van der Waals surface area contributed by atoms with Gasteiger partial charge in [-0.2, -0.15) is 11.3 Å². The predicted octanol–water partition coefficient (Wildman–Crippen LogP) is 2.83. The molecule has 4 nitrogen and oxygen atoms in total. The Morgan fingerprint density at radius 2 is 2.00 bits per heavy atom. The van der Waals surface area contributed by atoms with E-state index in [0.717, 1.165) is 37.7 Å². The highest BCUT2D eigenvalue weighted by Crippen LogP contribution is 2.23. The number of aliphatic carboxylic acids is 1. The first-order chi connectivity index (χ1) is 9.66. The van der Waals surface area contributed by atoms with Gasteiger partial charge in [-0.1, -0.05) is 25.7 Å². The van der Waals surface area contributed by atoms with E-state index in [1.807, 2.05) is 16.8 Å². The van der Waals surface area contributed by atoms with Crippen LogP contribution in [0, 0.1) is 5.92 Å². The molecule has 1 heterocycles. The second-order valence-electron chi connectivity index (χ2n) is 5.42. The van der Waals surface area contributed by atoms with E-state index in [4.69, 9.17) is 0 Å². The van der Waals surface area contributed by atoms with E-state index in [-0.39, 0.29) is 11.9 Å². The summed E-state index contributed by atoms with van der Waals surface area (Å²) in [4.78, 5) is 23.4. The molecular weight excluding hydrogens is 274 g/mol. The maximum Gasteiger partial charge on any atom is 0.308 e. The topological polar surface area (TPSA) is 66.4 Å². The minimum Gasteiger partial charge on any atom is -0.481 e. The molecule has 5 heteroatoms. The standard InChI is InChI=1S/C15H21NO3S/c17-14(9-11-7-8-20-10-11)16-13-6-4-2-1-3-5-12(13)15(18)19/h7-8,10,12-13H,1-6,9H2,(H,16,17)(H,18,19). The molecule has 1 aromatic rings. The Hall–Kier alpha value is -1.36. The van der Waals surface area contributed by atoms with Gasteiger partial charge in [0.25, 0.3) is 0 Å². The molecule has 2 rings (SSSR count). The second kappa shape index (κ2) is 7.43. The molecule has 1 fully saturated rings. The number of thiophene rings is 1. The molecule has 0 bridgehead atoms. The first-order valence-electron chi connectivity index (χ1n) is 7.20. The summed E-state index contributed by atoms with van der Waals surface area (Å²) in [5.41, 5.74) is 0.991. The van der Waals surface area contributed by atoms with E-state index in [0.29, 0.717) is 12.8 Å². The van der Waals surface area contributed by atoms with E-state index >= 15 is 0 Å². The smallest absolute Gasteiger partial charge is 0.308 e. The molecule has 0 aliphatic heterocycles. The number of amides is 1. The first kappa shape index (κ1) is 15.0. The summed E-state index contributed by atoms with van der Waals surface area (Å²) in [6.45, 7) is 0. The van der Waals surface area contributed by atoms with Gasteiger partial charge in [0.15, 0.2) is 0 Å². The van der Waals surface area contributed by atoms with Crippen LogP contribution in [0.2, 0.25) is 0 Å². The number of carbonyl (C=O) groups is 2. The van der Waals surface area contributed by atoms with Crippen molar-refractivity contribution in [2.45, 2.75) is 51.0 Å². The van der Waals surface area contributed by atoms with Gasteiger partial charge in [-0.15, -0.1) is 0 Å². The summed E-state index contributed by atoms with van der Waals surface area (Å²) < 4.78 is 0. The lowest BCUT2D eigenvalue weighted by Gasteiger charge is -2.27. The van der Waals surface area contributed by atoms with Crippen LogP contribution >= 0.6 is 11.3 Å². The van der Waals surface area contributed by atoms with Crippen molar-refractivity contribution in [2.75, 3.05) is 0 Å². The highest BCUT2D eigenvalue weighted by atomic mass is 32.1. The summed E-state index contributed by atoms with van der Waals surface area (Å²) in [5, 5.41) is 16.2. The molecule has 1 aliphatic rings. The van der Waals surface area contributed by atoms with E-state index < -0.39 is 11.9 Å². The van der Waals surface area contributed by atoms with Gasteiger partial charge in [0.2, 0.25) is 5.91 Å². The van der Waals surface area contributed by atoms with Crippen LogP contribution in [-0.4, -0.2) is 23.0 Å². The summed E-state index contributed by atoms with van der Waals surface area (Å²) in [5.74, 6) is -1.30. The quantitative estimate of drug-likeness (QED) is 0.897. The molecule has 2 atom stereocenters. The molecule has 1 aliphatic carbocycles. The lowest BCUT2D eigenvalue weighted by atomic mass is 9.86. The average molecular weight is 295 g/mol. The van der Waals surface area contributed by atoms with Crippen molar-refractivity contribution in [3.05, 3.63) is 22.4 Å². The van der Waals surface area contributed by atoms with Crippen molar-refractivity contribution >= 4 is 23.2 Å². The van der Waals surface area contributed by atoms with Crippen LogP contribution in [0.4, 0.5) is 0 Å². The van der Waals surface area contributed by atoms with Gasteiger partial charge in [0.1, 0.15) is 0 Å². The van der Waals surface area contributed by atoms with Crippen LogP contribution in [0.3, 0.4) is 0 Å². The van der Waals surface area contributed by atoms with Gasteiger partial charge in [-0.3, -0.25) is 9.59 Å². The van der Waals surface area contributed by atoms with Crippen molar-refractivity contribution in [3.8, 4) is 0 Å². The Labute approximate surface area is 123 Å². The number of carbonyl (C=O) groups excluding carboxylic acids is 1. The number of carboxylic acids is 1. The van der Waals surface area contributed by atoms with Crippen molar-refractivity contribution < 1.29 is 14.7 Å². The predicted molar refractivity (Wildman–Crippen MR) is 78.8 cm³/mol. The van der Waals surface area contributed by atoms with Crippen LogP contribution < -0.4 is 5.32 Å². The van der Waals surface area contributed by atoms with Gasteiger partial charge >= 0.3 is 5.97 Å². The number of rotatable bonds is 4. The molecular formula is C15H21NO3S. The first-order valence-corrected chi connectivity index (χ1v) is 8.14. The van der Waals surface area contributed by atoms with Crippen LogP contribution in [0.1, 0.15) is 44.1 Å². The number of hydrogen-bond acceptors (Lipinski definition) is 3. The maximum atomic E-state index is 12.0. The SMILES string of the molecule is O=C(Cc1ccsc1)NC1CCCCCCC1C(=O)O. The third-order valence-electron chi connectivity index (χ3n) is 3.87. The van der Waals surface area contributed by atoms with Crippen molar-refractivity contribution in [2.24, 2.45) is 5.92 Å². The monoisotopic (exact) mass is 295 g/mol. The van der Waals surface area contributed by atoms with Gasteiger partial charge in [0.05, 0.1) is 12.3 Å². The van der Waals surface area contributed by atoms with Crippen molar-refractivity contribution in [1.82, 2.24) is 5.32 Å². The van der Waals surface area contributed by atoms with E-state index in [2.05, 4.69) is 5.32 Å². The largest absolute Gasteiger partial charge is 0.481 e. The number of carboxylic acid groups (broad SMARTS) is 1. The van der Waals surface area contributed by atoms with Gasteiger partial charge in [-0.25, -0.2) is 0 Å². The molecule has 0 aromatic carbocycles. The number of hydrogen-bond donors (Lipinski definition) is 2. The Bertz CT molecular complexity index is 444. The fraction of sp³-hybridized carbons (Fsp3) is 0.600. The summed E-state index contributed by atoms with van der Waals surface area (Å²) >= 11 is 1.57. The van der Waals surface area contributed by atoms with Gasteiger partial charge in [0, 0.05) is 6.04 Å². The average Bonchev–Trinajstić information content (AvgIpc) is 2.85. The van der Waals surface area contributed by atoms with Crippen molar-refractivity contribution in [1.29, 1.82) is 0 Å². The zero-order chi connectivity index (χ0) is 14.4. The fourth-order valence-corrected chi connectivity index (χ4v) is 3.46. The van der Waals surface area contributed by atoms with Crippen molar-refractivity contribution in [3.63, 3.8) is 0 Å². The normalized spacial score (nSPS) is 23.6. The molecule has 20 heavy (non-hydrogen) atoms. The Balaban J connectivity index is 1.95. The number of nitrogens with one attached hydrogen (secondary N) is 1.